The van der Waals surface area contributed by atoms with Gasteiger partial charge in [0.1, 0.15) is 11.4 Å². The van der Waals surface area contributed by atoms with Gasteiger partial charge in [-0.05, 0) is 48.6 Å². The molecule has 0 spiro atoms. The van der Waals surface area contributed by atoms with Crippen LogP contribution in [0.15, 0.2) is 64.5 Å². The lowest BCUT2D eigenvalue weighted by atomic mass is 10.1. The fraction of sp³-hybridized carbons (Fsp3) is 0. The molecule has 2 aromatic carbocycles. The molecule has 1 aliphatic rings. The van der Waals surface area contributed by atoms with E-state index in [0.29, 0.717) is 11.3 Å². The minimum Gasteiger partial charge on any atom is -0.507 e. The third-order valence-electron chi connectivity index (χ3n) is 3.07. The van der Waals surface area contributed by atoms with Crippen molar-refractivity contribution in [3.8, 4) is 5.75 Å². The zero-order chi connectivity index (χ0) is 16.2. The molecular formula is C16H12N4O2S. The van der Waals surface area contributed by atoms with E-state index in [4.69, 9.17) is 12.2 Å². The number of phenolic OH excluding ortho intramolecular Hbond substituents is 1. The molecule has 0 unspecified atom stereocenters. The van der Waals surface area contributed by atoms with E-state index in [9.17, 15) is 9.90 Å². The Morgan fingerprint density at radius 2 is 1.74 bits per heavy atom. The van der Waals surface area contributed by atoms with E-state index in [0.717, 1.165) is 5.69 Å². The highest BCUT2D eigenvalue weighted by atomic mass is 32.1. The SMILES string of the molecule is O=C1NC(=S)N/C1=C/c1cc(N=Nc2ccccc2)ccc1O. The Hall–Kier alpha value is -3.06. The van der Waals surface area contributed by atoms with Crippen molar-refractivity contribution in [1.29, 1.82) is 0 Å². The molecule has 0 atom stereocenters. The van der Waals surface area contributed by atoms with Gasteiger partial charge in [0, 0.05) is 5.56 Å². The van der Waals surface area contributed by atoms with Crippen molar-refractivity contribution in [2.45, 2.75) is 0 Å². The van der Waals surface area contributed by atoms with Crippen molar-refractivity contribution in [2.24, 2.45) is 10.2 Å². The molecule has 23 heavy (non-hydrogen) atoms. The Bertz CT molecular complexity index is 831. The molecule has 1 fully saturated rings. The van der Waals surface area contributed by atoms with Gasteiger partial charge in [0.15, 0.2) is 5.11 Å². The van der Waals surface area contributed by atoms with Crippen molar-refractivity contribution < 1.29 is 9.90 Å². The van der Waals surface area contributed by atoms with Gasteiger partial charge in [0.2, 0.25) is 0 Å². The summed E-state index contributed by atoms with van der Waals surface area (Å²) in [4.78, 5) is 11.6. The molecule has 1 aliphatic heterocycles. The molecule has 6 nitrogen and oxygen atoms in total. The van der Waals surface area contributed by atoms with Crippen LogP contribution in [0.1, 0.15) is 5.56 Å². The average Bonchev–Trinajstić information content (AvgIpc) is 2.86. The highest BCUT2D eigenvalue weighted by Crippen LogP contribution is 2.27. The summed E-state index contributed by atoms with van der Waals surface area (Å²) in [5.41, 5.74) is 1.99. The monoisotopic (exact) mass is 324 g/mol. The maximum Gasteiger partial charge on any atom is 0.273 e. The molecule has 114 valence electrons. The lowest BCUT2D eigenvalue weighted by molar-refractivity contribution is -0.115. The van der Waals surface area contributed by atoms with Crippen LogP contribution in [0.25, 0.3) is 6.08 Å². The molecule has 0 saturated carbocycles. The smallest absolute Gasteiger partial charge is 0.273 e. The van der Waals surface area contributed by atoms with E-state index in [1.807, 2.05) is 30.3 Å². The summed E-state index contributed by atoms with van der Waals surface area (Å²) in [6, 6.07) is 14.1. The van der Waals surface area contributed by atoms with Crippen LogP contribution in [0.2, 0.25) is 0 Å². The van der Waals surface area contributed by atoms with Crippen molar-refractivity contribution in [1.82, 2.24) is 10.6 Å². The second kappa shape index (κ2) is 6.37. The number of hydrogen-bond donors (Lipinski definition) is 3. The molecule has 1 heterocycles. The first kappa shape index (κ1) is 14.9. The number of rotatable bonds is 3. The van der Waals surface area contributed by atoms with E-state index in [-0.39, 0.29) is 22.5 Å². The second-order valence-corrected chi connectivity index (χ2v) is 5.15. The highest BCUT2D eigenvalue weighted by molar-refractivity contribution is 7.80. The number of nitrogens with zero attached hydrogens (tertiary/aromatic N) is 2. The van der Waals surface area contributed by atoms with E-state index in [1.54, 1.807) is 12.1 Å². The van der Waals surface area contributed by atoms with Gasteiger partial charge in [0.25, 0.3) is 5.91 Å². The molecule has 3 N–H and O–H groups in total. The van der Waals surface area contributed by atoms with Crippen molar-refractivity contribution in [2.75, 3.05) is 0 Å². The lowest BCUT2D eigenvalue weighted by Crippen LogP contribution is -2.21. The van der Waals surface area contributed by atoms with Crippen molar-refractivity contribution >= 4 is 40.7 Å². The first-order valence-electron chi connectivity index (χ1n) is 6.76. The number of azo groups is 1. The Balaban J connectivity index is 1.88. The molecule has 0 aromatic heterocycles. The number of nitrogens with one attached hydrogen (secondary N) is 2. The van der Waals surface area contributed by atoms with Crippen LogP contribution in [0, 0.1) is 0 Å². The van der Waals surface area contributed by atoms with Gasteiger partial charge in [-0.2, -0.15) is 10.2 Å². The number of thiocarbonyl (C=S) groups is 1. The maximum atomic E-state index is 11.6. The van der Waals surface area contributed by atoms with Gasteiger partial charge in [-0.15, -0.1) is 0 Å². The fourth-order valence-electron chi connectivity index (χ4n) is 1.97. The third-order valence-corrected chi connectivity index (χ3v) is 3.27. The molecule has 0 bridgehead atoms. The summed E-state index contributed by atoms with van der Waals surface area (Å²) in [6.45, 7) is 0. The number of phenols is 1. The molecule has 2 aromatic rings. The Kier molecular flexibility index (Phi) is 4.11. The summed E-state index contributed by atoms with van der Waals surface area (Å²) in [5.74, 6) is -0.311. The van der Waals surface area contributed by atoms with Gasteiger partial charge in [0.05, 0.1) is 11.4 Å². The second-order valence-electron chi connectivity index (χ2n) is 4.74. The largest absolute Gasteiger partial charge is 0.507 e. The van der Waals surface area contributed by atoms with E-state index in [1.165, 1.54) is 12.1 Å². The summed E-state index contributed by atoms with van der Waals surface area (Å²) in [6.07, 6.45) is 1.51. The van der Waals surface area contributed by atoms with Crippen LogP contribution in [0.4, 0.5) is 11.4 Å². The molecule has 0 radical (unpaired) electrons. The highest BCUT2D eigenvalue weighted by Gasteiger charge is 2.20. The lowest BCUT2D eigenvalue weighted by Gasteiger charge is -2.02. The number of carbonyl (C=O) groups excluding carboxylic acids is 1. The summed E-state index contributed by atoms with van der Waals surface area (Å²) in [5, 5.41) is 23.6. The summed E-state index contributed by atoms with van der Waals surface area (Å²) in [7, 11) is 0. The summed E-state index contributed by atoms with van der Waals surface area (Å²) < 4.78 is 0. The number of aromatic hydroxyl groups is 1. The molecular weight excluding hydrogens is 312 g/mol. The van der Waals surface area contributed by atoms with Crippen LogP contribution < -0.4 is 10.6 Å². The normalized spacial score (nSPS) is 15.9. The van der Waals surface area contributed by atoms with E-state index >= 15 is 0 Å². The van der Waals surface area contributed by atoms with E-state index < -0.39 is 0 Å². The zero-order valence-electron chi connectivity index (χ0n) is 11.9. The Morgan fingerprint density at radius 3 is 2.43 bits per heavy atom. The first-order chi connectivity index (χ1) is 11.1. The number of benzene rings is 2. The quantitative estimate of drug-likeness (QED) is 0.460. The molecule has 1 amide bonds. The fourth-order valence-corrected chi connectivity index (χ4v) is 2.17. The average molecular weight is 324 g/mol. The minimum atomic E-state index is -0.342. The van der Waals surface area contributed by atoms with Crippen molar-refractivity contribution in [3.63, 3.8) is 0 Å². The molecule has 1 saturated heterocycles. The number of hydrogen-bond acceptors (Lipinski definition) is 5. The zero-order valence-corrected chi connectivity index (χ0v) is 12.7. The maximum absolute atomic E-state index is 11.6. The summed E-state index contributed by atoms with van der Waals surface area (Å²) >= 11 is 4.86. The van der Waals surface area contributed by atoms with E-state index in [2.05, 4.69) is 20.9 Å². The molecule has 7 heteroatoms. The minimum absolute atomic E-state index is 0.0311. The first-order valence-corrected chi connectivity index (χ1v) is 7.16. The standard InChI is InChI=1S/C16H12N4O2S/c21-14-7-6-12(20-19-11-4-2-1-3-5-11)8-10(14)9-13-15(22)18-16(23)17-13/h1-9,21H,(H2,17,18,22,23)/b13-9+,20-19?. The number of carbonyl (C=O) groups is 1. The van der Waals surface area contributed by atoms with Gasteiger partial charge in [-0.1, -0.05) is 18.2 Å². The van der Waals surface area contributed by atoms with Crippen LogP contribution in [-0.4, -0.2) is 16.1 Å². The van der Waals surface area contributed by atoms with Gasteiger partial charge >= 0.3 is 0 Å². The van der Waals surface area contributed by atoms with Crippen LogP contribution in [0.5, 0.6) is 5.75 Å². The van der Waals surface area contributed by atoms with Crippen LogP contribution >= 0.6 is 12.2 Å². The van der Waals surface area contributed by atoms with Gasteiger partial charge in [-0.25, -0.2) is 0 Å². The van der Waals surface area contributed by atoms with Crippen molar-refractivity contribution in [3.05, 3.63) is 59.8 Å². The Morgan fingerprint density at radius 1 is 1.00 bits per heavy atom. The van der Waals surface area contributed by atoms with Gasteiger partial charge in [-0.3, -0.25) is 10.1 Å². The Labute approximate surface area is 137 Å². The predicted octanol–water partition coefficient (Wildman–Crippen LogP) is 3.15. The molecule has 0 aliphatic carbocycles. The topological polar surface area (TPSA) is 86.1 Å². The van der Waals surface area contributed by atoms with Crippen LogP contribution in [-0.2, 0) is 4.79 Å². The third kappa shape index (κ3) is 3.58. The number of amides is 1. The van der Waals surface area contributed by atoms with Gasteiger partial charge < -0.3 is 10.4 Å². The predicted molar refractivity (Wildman–Crippen MR) is 90.6 cm³/mol. The van der Waals surface area contributed by atoms with Crippen LogP contribution in [0.3, 0.4) is 0 Å². The molecule has 3 rings (SSSR count).